The van der Waals surface area contributed by atoms with E-state index in [-0.39, 0.29) is 18.3 Å². The molecule has 1 aliphatic rings. The van der Waals surface area contributed by atoms with Crippen LogP contribution in [0.4, 0.5) is 4.39 Å². The fourth-order valence-corrected chi connectivity index (χ4v) is 3.03. The second kappa shape index (κ2) is 6.54. The van der Waals surface area contributed by atoms with Crippen molar-refractivity contribution in [3.05, 3.63) is 35.6 Å². The Hall–Kier alpha value is -1.46. The molecule has 1 aromatic rings. The summed E-state index contributed by atoms with van der Waals surface area (Å²) in [6.45, 7) is -0.0394. The number of carbonyl (C=O) groups is 1. The topological polar surface area (TPSA) is 52.6 Å². The minimum Gasteiger partial charge on any atom is -0.394 e. The van der Waals surface area contributed by atoms with Crippen LogP contribution in [0.3, 0.4) is 0 Å². The van der Waals surface area contributed by atoms with E-state index < -0.39 is 11.6 Å². The number of amides is 1. The first-order valence-corrected chi connectivity index (χ1v) is 7.32. The number of likely N-dealkylation sites (N-methyl/N-ethyl adjacent to an activating group) is 1. The van der Waals surface area contributed by atoms with Crippen LogP contribution in [0.25, 0.3) is 0 Å². The Balaban J connectivity index is 2.18. The van der Waals surface area contributed by atoms with Crippen molar-refractivity contribution in [1.29, 1.82) is 0 Å². The summed E-state index contributed by atoms with van der Waals surface area (Å²) in [4.78, 5) is 14.4. The molecule has 5 heteroatoms. The normalized spacial score (nSPS) is 18.7. The molecule has 2 N–H and O–H groups in total. The van der Waals surface area contributed by atoms with Crippen LogP contribution in [0.1, 0.15) is 37.3 Å². The molecule has 1 aliphatic carbocycles. The number of benzene rings is 1. The number of carbonyl (C=O) groups excluding carboxylic acids is 1. The van der Waals surface area contributed by atoms with Gasteiger partial charge in [0.2, 0.25) is 5.91 Å². The summed E-state index contributed by atoms with van der Waals surface area (Å²) in [5, 5.41) is 12.6. The predicted molar refractivity (Wildman–Crippen MR) is 79.3 cm³/mol. The molecule has 0 bridgehead atoms. The molecular weight excluding hydrogens is 271 g/mol. The standard InChI is InChI=1S/C16H23FN2O2/c1-19(2)14(12-5-7-13(17)8-6-12)15(21)18-16(11-20)9-3-4-10-16/h5-8,14,20H,3-4,9-11H2,1-2H3,(H,18,21)/t14-/m0/s1. The Morgan fingerprint density at radius 1 is 1.33 bits per heavy atom. The van der Waals surface area contributed by atoms with Gasteiger partial charge in [0.15, 0.2) is 0 Å². The zero-order valence-corrected chi connectivity index (χ0v) is 12.6. The zero-order valence-electron chi connectivity index (χ0n) is 12.6. The quantitative estimate of drug-likeness (QED) is 0.871. The van der Waals surface area contributed by atoms with Crippen molar-refractivity contribution in [2.45, 2.75) is 37.3 Å². The lowest BCUT2D eigenvalue weighted by molar-refractivity contribution is -0.128. The zero-order chi connectivity index (χ0) is 15.5. The van der Waals surface area contributed by atoms with Gasteiger partial charge in [-0.25, -0.2) is 4.39 Å². The van der Waals surface area contributed by atoms with Crippen molar-refractivity contribution >= 4 is 5.91 Å². The van der Waals surface area contributed by atoms with Crippen LogP contribution in [-0.4, -0.2) is 42.2 Å². The third kappa shape index (κ3) is 3.60. The van der Waals surface area contributed by atoms with Crippen molar-refractivity contribution in [3.63, 3.8) is 0 Å². The molecule has 1 fully saturated rings. The highest BCUT2D eigenvalue weighted by Gasteiger charge is 2.37. The number of rotatable bonds is 5. The van der Waals surface area contributed by atoms with Crippen LogP contribution in [-0.2, 0) is 4.79 Å². The van der Waals surface area contributed by atoms with Gasteiger partial charge in [-0.15, -0.1) is 0 Å². The number of nitrogens with zero attached hydrogens (tertiary/aromatic N) is 1. The van der Waals surface area contributed by atoms with Crippen LogP contribution in [0, 0.1) is 5.82 Å². The molecule has 4 nitrogen and oxygen atoms in total. The summed E-state index contributed by atoms with van der Waals surface area (Å²) < 4.78 is 13.0. The average Bonchev–Trinajstić information content (AvgIpc) is 2.90. The molecule has 1 saturated carbocycles. The Morgan fingerprint density at radius 2 is 1.90 bits per heavy atom. The van der Waals surface area contributed by atoms with Gasteiger partial charge in [0.05, 0.1) is 12.1 Å². The summed E-state index contributed by atoms with van der Waals surface area (Å²) in [5.41, 5.74) is 0.246. The van der Waals surface area contributed by atoms with E-state index in [1.54, 1.807) is 17.0 Å². The van der Waals surface area contributed by atoms with E-state index in [4.69, 9.17) is 0 Å². The predicted octanol–water partition coefficient (Wildman–Crippen LogP) is 1.85. The van der Waals surface area contributed by atoms with Gasteiger partial charge in [0.25, 0.3) is 0 Å². The number of aliphatic hydroxyl groups is 1. The SMILES string of the molecule is CN(C)[C@H](C(=O)NC1(CO)CCCC1)c1ccc(F)cc1. The molecule has 2 rings (SSSR count). The van der Waals surface area contributed by atoms with E-state index in [9.17, 15) is 14.3 Å². The summed E-state index contributed by atoms with van der Waals surface area (Å²) in [6.07, 6.45) is 3.64. The molecule has 0 aliphatic heterocycles. The van der Waals surface area contributed by atoms with Crippen molar-refractivity contribution in [2.75, 3.05) is 20.7 Å². The maximum Gasteiger partial charge on any atom is 0.242 e. The monoisotopic (exact) mass is 294 g/mol. The van der Waals surface area contributed by atoms with E-state index in [0.29, 0.717) is 0 Å². The van der Waals surface area contributed by atoms with Crippen LogP contribution in [0.5, 0.6) is 0 Å². The highest BCUT2D eigenvalue weighted by atomic mass is 19.1. The molecule has 0 unspecified atom stereocenters. The smallest absolute Gasteiger partial charge is 0.242 e. The average molecular weight is 294 g/mol. The maximum absolute atomic E-state index is 13.0. The van der Waals surface area contributed by atoms with Gasteiger partial charge in [-0.3, -0.25) is 9.69 Å². The Bertz CT molecular complexity index is 482. The van der Waals surface area contributed by atoms with Gasteiger partial charge >= 0.3 is 0 Å². The lowest BCUT2D eigenvalue weighted by Gasteiger charge is -2.32. The molecule has 21 heavy (non-hydrogen) atoms. The van der Waals surface area contributed by atoms with E-state index in [1.165, 1.54) is 12.1 Å². The van der Waals surface area contributed by atoms with E-state index >= 15 is 0 Å². The van der Waals surface area contributed by atoms with Crippen molar-refractivity contribution in [1.82, 2.24) is 10.2 Å². The van der Waals surface area contributed by atoms with Crippen molar-refractivity contribution in [2.24, 2.45) is 0 Å². The second-order valence-electron chi connectivity index (χ2n) is 6.05. The Kier molecular flexibility index (Phi) is 4.96. The van der Waals surface area contributed by atoms with Crippen LogP contribution in [0.2, 0.25) is 0 Å². The summed E-state index contributed by atoms with van der Waals surface area (Å²) >= 11 is 0. The lowest BCUT2D eigenvalue weighted by atomic mass is 9.97. The molecule has 0 saturated heterocycles. The number of aliphatic hydroxyl groups excluding tert-OH is 1. The van der Waals surface area contributed by atoms with E-state index in [0.717, 1.165) is 31.2 Å². The first kappa shape index (κ1) is 15.9. The third-order valence-corrected chi connectivity index (χ3v) is 4.20. The number of hydrogen-bond donors (Lipinski definition) is 2. The number of nitrogens with one attached hydrogen (secondary N) is 1. The van der Waals surface area contributed by atoms with Gasteiger partial charge in [-0.1, -0.05) is 25.0 Å². The minimum atomic E-state index is -0.495. The van der Waals surface area contributed by atoms with Crippen molar-refractivity contribution < 1.29 is 14.3 Å². The molecule has 0 spiro atoms. The second-order valence-corrected chi connectivity index (χ2v) is 6.05. The van der Waals surface area contributed by atoms with Crippen LogP contribution >= 0.6 is 0 Å². The summed E-state index contributed by atoms with van der Waals surface area (Å²) in [6, 6.07) is 5.47. The fraction of sp³-hybridized carbons (Fsp3) is 0.562. The van der Waals surface area contributed by atoms with Gasteiger partial charge in [-0.05, 0) is 44.6 Å². The van der Waals surface area contributed by atoms with Gasteiger partial charge in [0, 0.05) is 0 Å². The Morgan fingerprint density at radius 3 is 2.38 bits per heavy atom. The molecular formula is C16H23FN2O2. The van der Waals surface area contributed by atoms with Gasteiger partial charge < -0.3 is 10.4 Å². The third-order valence-electron chi connectivity index (χ3n) is 4.20. The highest BCUT2D eigenvalue weighted by molar-refractivity contribution is 5.84. The van der Waals surface area contributed by atoms with E-state index in [1.807, 2.05) is 14.1 Å². The van der Waals surface area contributed by atoms with Gasteiger partial charge in [0.1, 0.15) is 11.9 Å². The maximum atomic E-state index is 13.0. The molecule has 1 atom stereocenters. The minimum absolute atomic E-state index is 0.0394. The molecule has 0 heterocycles. The molecule has 0 aromatic heterocycles. The van der Waals surface area contributed by atoms with Crippen molar-refractivity contribution in [3.8, 4) is 0 Å². The first-order chi connectivity index (χ1) is 9.97. The molecule has 1 amide bonds. The summed E-state index contributed by atoms with van der Waals surface area (Å²) in [5.74, 6) is -0.471. The molecule has 116 valence electrons. The first-order valence-electron chi connectivity index (χ1n) is 7.32. The molecule has 0 radical (unpaired) electrons. The fourth-order valence-electron chi connectivity index (χ4n) is 3.03. The largest absolute Gasteiger partial charge is 0.394 e. The van der Waals surface area contributed by atoms with Gasteiger partial charge in [-0.2, -0.15) is 0 Å². The number of hydrogen-bond acceptors (Lipinski definition) is 3. The Labute approximate surface area is 125 Å². The summed E-state index contributed by atoms with van der Waals surface area (Å²) in [7, 11) is 3.63. The highest BCUT2D eigenvalue weighted by Crippen LogP contribution is 2.30. The van der Waals surface area contributed by atoms with Crippen LogP contribution in [0.15, 0.2) is 24.3 Å². The van der Waals surface area contributed by atoms with E-state index in [2.05, 4.69) is 5.32 Å². The van der Waals surface area contributed by atoms with Crippen LogP contribution < -0.4 is 5.32 Å². The molecule has 1 aromatic carbocycles. The lowest BCUT2D eigenvalue weighted by Crippen LogP contribution is -2.52. The number of halogens is 1.